The molecule has 2 aromatic carbocycles. The number of aromatic hydroxyl groups is 4. The minimum absolute atomic E-state index is 0.0427. The third-order valence-corrected chi connectivity index (χ3v) is 3.79. The Labute approximate surface area is 123 Å². The van der Waals surface area contributed by atoms with Gasteiger partial charge >= 0.3 is 0 Å². The molecule has 3 aromatic rings. The van der Waals surface area contributed by atoms with Crippen molar-refractivity contribution >= 4 is 11.3 Å². The fourth-order valence-corrected chi connectivity index (χ4v) is 2.73. The zero-order valence-electron chi connectivity index (χ0n) is 10.6. The Balaban J connectivity index is 2.03. The first-order valence-corrected chi connectivity index (χ1v) is 6.74. The van der Waals surface area contributed by atoms with E-state index >= 15 is 0 Å². The van der Waals surface area contributed by atoms with Crippen molar-refractivity contribution in [1.29, 1.82) is 0 Å². The molecule has 106 valence electrons. The normalized spacial score (nSPS) is 10.7. The molecule has 0 aliphatic carbocycles. The molecule has 1 heterocycles. The van der Waals surface area contributed by atoms with E-state index in [2.05, 4.69) is 10.2 Å². The monoisotopic (exact) mass is 302 g/mol. The third kappa shape index (κ3) is 2.59. The number of nitrogens with zero attached hydrogens (tertiary/aromatic N) is 2. The minimum atomic E-state index is -0.101. The van der Waals surface area contributed by atoms with Crippen molar-refractivity contribution in [1.82, 2.24) is 10.2 Å². The molecular weight excluding hydrogens is 292 g/mol. The van der Waals surface area contributed by atoms with Crippen LogP contribution in [0.5, 0.6) is 23.0 Å². The highest BCUT2D eigenvalue weighted by molar-refractivity contribution is 7.18. The van der Waals surface area contributed by atoms with Gasteiger partial charge in [-0.2, -0.15) is 0 Å². The maximum absolute atomic E-state index is 9.81. The van der Waals surface area contributed by atoms with Crippen molar-refractivity contribution < 1.29 is 20.4 Å². The average molecular weight is 302 g/mol. The number of hydrogen-bond donors (Lipinski definition) is 4. The number of rotatable bonds is 2. The molecule has 4 N–H and O–H groups in total. The number of hydrogen-bond acceptors (Lipinski definition) is 7. The van der Waals surface area contributed by atoms with Crippen LogP contribution in [0.3, 0.4) is 0 Å². The van der Waals surface area contributed by atoms with Crippen LogP contribution < -0.4 is 0 Å². The standard InChI is InChI=1S/C14H10N2O4S/c17-8-1-2-11(12(20)6-8)14-16-15-13(21-14)7-3-9(18)5-10(19)4-7/h1-6,17-20H. The van der Waals surface area contributed by atoms with E-state index in [0.717, 1.165) is 0 Å². The zero-order valence-corrected chi connectivity index (χ0v) is 11.4. The molecule has 21 heavy (non-hydrogen) atoms. The highest BCUT2D eigenvalue weighted by Crippen LogP contribution is 2.37. The molecule has 0 saturated carbocycles. The fraction of sp³-hybridized carbons (Fsp3) is 0. The quantitative estimate of drug-likeness (QED) is 0.580. The van der Waals surface area contributed by atoms with Gasteiger partial charge in [-0.3, -0.25) is 0 Å². The summed E-state index contributed by atoms with van der Waals surface area (Å²) in [5.74, 6) is -0.293. The Bertz CT molecular complexity index is 796. The van der Waals surface area contributed by atoms with Crippen LogP contribution in [-0.2, 0) is 0 Å². The Morgan fingerprint density at radius 2 is 1.38 bits per heavy atom. The summed E-state index contributed by atoms with van der Waals surface area (Å²) in [6.45, 7) is 0. The number of phenols is 4. The second kappa shape index (κ2) is 4.95. The number of aromatic nitrogens is 2. The van der Waals surface area contributed by atoms with Crippen LogP contribution in [0.4, 0.5) is 0 Å². The van der Waals surface area contributed by atoms with Gasteiger partial charge in [-0.15, -0.1) is 10.2 Å². The van der Waals surface area contributed by atoms with Crippen molar-refractivity contribution in [3.8, 4) is 44.1 Å². The fourth-order valence-electron chi connectivity index (χ4n) is 1.87. The smallest absolute Gasteiger partial charge is 0.151 e. The molecule has 1 aromatic heterocycles. The molecule has 0 saturated heterocycles. The van der Waals surface area contributed by atoms with Crippen molar-refractivity contribution in [3.63, 3.8) is 0 Å². The molecule has 7 heteroatoms. The second-order valence-electron chi connectivity index (χ2n) is 4.35. The van der Waals surface area contributed by atoms with Crippen LogP contribution in [0.15, 0.2) is 36.4 Å². The summed E-state index contributed by atoms with van der Waals surface area (Å²) < 4.78 is 0. The average Bonchev–Trinajstić information content (AvgIpc) is 2.87. The van der Waals surface area contributed by atoms with Gasteiger partial charge in [-0.1, -0.05) is 11.3 Å². The first-order valence-electron chi connectivity index (χ1n) is 5.92. The maximum Gasteiger partial charge on any atom is 0.151 e. The van der Waals surface area contributed by atoms with Crippen molar-refractivity contribution in [2.24, 2.45) is 0 Å². The summed E-state index contributed by atoms with van der Waals surface area (Å²) in [6.07, 6.45) is 0. The van der Waals surface area contributed by atoms with Gasteiger partial charge in [0.1, 0.15) is 28.0 Å². The molecule has 0 atom stereocenters. The van der Waals surface area contributed by atoms with Gasteiger partial charge in [0.2, 0.25) is 0 Å². The first kappa shape index (κ1) is 13.2. The number of phenolic OH excluding ortho intramolecular Hbond substituents is 4. The molecule has 0 radical (unpaired) electrons. The van der Waals surface area contributed by atoms with E-state index < -0.39 is 0 Å². The predicted octanol–water partition coefficient (Wildman–Crippen LogP) is 2.69. The topological polar surface area (TPSA) is 107 Å². The van der Waals surface area contributed by atoms with Crippen LogP contribution >= 0.6 is 11.3 Å². The molecule has 3 rings (SSSR count). The molecule has 6 nitrogen and oxygen atoms in total. The highest BCUT2D eigenvalue weighted by Gasteiger charge is 2.13. The molecule has 0 spiro atoms. The van der Waals surface area contributed by atoms with Gasteiger partial charge in [0.05, 0.1) is 5.56 Å². The van der Waals surface area contributed by atoms with E-state index in [0.29, 0.717) is 21.1 Å². The number of benzene rings is 2. The van der Waals surface area contributed by atoms with Crippen molar-refractivity contribution in [3.05, 3.63) is 36.4 Å². The van der Waals surface area contributed by atoms with Gasteiger partial charge in [0, 0.05) is 17.7 Å². The van der Waals surface area contributed by atoms with Crippen LogP contribution in [0, 0.1) is 0 Å². The van der Waals surface area contributed by atoms with Gasteiger partial charge < -0.3 is 20.4 Å². The molecule has 0 aliphatic heterocycles. The lowest BCUT2D eigenvalue weighted by molar-refractivity contribution is 0.450. The Hall–Kier alpha value is -2.80. The van der Waals surface area contributed by atoms with Crippen LogP contribution in [0.2, 0.25) is 0 Å². The van der Waals surface area contributed by atoms with Gasteiger partial charge in [-0.25, -0.2) is 0 Å². The van der Waals surface area contributed by atoms with Gasteiger partial charge in [0.25, 0.3) is 0 Å². The van der Waals surface area contributed by atoms with E-state index in [1.165, 1.54) is 47.7 Å². The summed E-state index contributed by atoms with van der Waals surface area (Å²) >= 11 is 1.19. The molecular formula is C14H10N2O4S. The molecule has 0 amide bonds. The van der Waals surface area contributed by atoms with Gasteiger partial charge in [-0.05, 0) is 24.3 Å². The van der Waals surface area contributed by atoms with Crippen molar-refractivity contribution in [2.75, 3.05) is 0 Å². The summed E-state index contributed by atoms with van der Waals surface area (Å²) in [5, 5.41) is 47.0. The zero-order chi connectivity index (χ0) is 15.0. The summed E-state index contributed by atoms with van der Waals surface area (Å²) in [6, 6.07) is 8.33. The molecule has 0 unspecified atom stereocenters. The van der Waals surface area contributed by atoms with Gasteiger partial charge in [0.15, 0.2) is 5.01 Å². The summed E-state index contributed by atoms with van der Waals surface area (Å²) in [4.78, 5) is 0. The molecule has 0 bridgehead atoms. The van der Waals surface area contributed by atoms with E-state index in [1.54, 1.807) is 0 Å². The Morgan fingerprint density at radius 1 is 0.714 bits per heavy atom. The Morgan fingerprint density at radius 3 is 2.05 bits per heavy atom. The SMILES string of the molecule is Oc1cc(O)cc(-c2nnc(-c3ccc(O)cc3O)s2)c1. The second-order valence-corrected chi connectivity index (χ2v) is 5.33. The van der Waals surface area contributed by atoms with Crippen LogP contribution in [0.25, 0.3) is 21.1 Å². The molecule has 0 fully saturated rings. The summed E-state index contributed by atoms with van der Waals surface area (Å²) in [5.41, 5.74) is 0.968. The van der Waals surface area contributed by atoms with E-state index in [9.17, 15) is 20.4 Å². The minimum Gasteiger partial charge on any atom is -0.508 e. The van der Waals surface area contributed by atoms with Crippen LogP contribution in [-0.4, -0.2) is 30.6 Å². The lowest BCUT2D eigenvalue weighted by atomic mass is 10.2. The molecule has 0 aliphatic rings. The highest BCUT2D eigenvalue weighted by atomic mass is 32.1. The van der Waals surface area contributed by atoms with E-state index in [4.69, 9.17) is 0 Å². The van der Waals surface area contributed by atoms with Crippen LogP contribution in [0.1, 0.15) is 0 Å². The largest absolute Gasteiger partial charge is 0.508 e. The Kier molecular flexibility index (Phi) is 3.11. The van der Waals surface area contributed by atoms with E-state index in [-0.39, 0.29) is 23.0 Å². The first-order chi connectivity index (χ1) is 10.0. The van der Waals surface area contributed by atoms with E-state index in [1.807, 2.05) is 0 Å². The third-order valence-electron chi connectivity index (χ3n) is 2.79. The summed E-state index contributed by atoms with van der Waals surface area (Å²) in [7, 11) is 0. The lowest BCUT2D eigenvalue weighted by Crippen LogP contribution is -1.79. The lowest BCUT2D eigenvalue weighted by Gasteiger charge is -2.00. The predicted molar refractivity (Wildman–Crippen MR) is 77.4 cm³/mol. The van der Waals surface area contributed by atoms with Crippen molar-refractivity contribution in [2.45, 2.75) is 0 Å². The maximum atomic E-state index is 9.81.